The molecule has 2 aromatic carbocycles. The number of nitrogens with zero attached hydrogens (tertiary/aromatic N) is 5. The fraction of sp³-hybridized carbons (Fsp3) is 0.0800. The number of carbonyl (C=O) groups is 1. The predicted molar refractivity (Wildman–Crippen MR) is 126 cm³/mol. The van der Waals surface area contributed by atoms with E-state index in [4.69, 9.17) is 10.5 Å². The van der Waals surface area contributed by atoms with Crippen LogP contribution < -0.4 is 15.8 Å². The van der Waals surface area contributed by atoms with Crippen molar-refractivity contribution in [1.82, 2.24) is 24.3 Å². The van der Waals surface area contributed by atoms with Gasteiger partial charge < -0.3 is 20.2 Å². The van der Waals surface area contributed by atoms with Gasteiger partial charge in [0.2, 0.25) is 17.4 Å². The number of aromatic nitrogens is 5. The Morgan fingerprint density at radius 1 is 1.03 bits per heavy atom. The van der Waals surface area contributed by atoms with Crippen molar-refractivity contribution in [3.8, 4) is 23.1 Å². The Kier molecular flexibility index (Phi) is 4.87. The molecule has 6 rings (SSSR count). The Labute approximate surface area is 206 Å². The number of halogens is 3. The summed E-state index contributed by atoms with van der Waals surface area (Å²) in [5, 5.41) is 2.77. The summed E-state index contributed by atoms with van der Waals surface area (Å²) >= 11 is 0. The molecule has 1 atom stereocenters. The van der Waals surface area contributed by atoms with Crippen LogP contribution in [0.4, 0.5) is 24.8 Å². The normalized spacial score (nSPS) is 16.6. The second kappa shape index (κ2) is 8.01. The average Bonchev–Trinajstić information content (AvgIpc) is 3.47. The zero-order valence-corrected chi connectivity index (χ0v) is 19.0. The van der Waals surface area contributed by atoms with Crippen molar-refractivity contribution in [2.24, 2.45) is 0 Å². The number of benzene rings is 2. The SMILES string of the molecule is CC1(c2ccccc2)C(=O)Nc2nc(-c3cn4ccnc4c(Oc4ccc(F)c(F)c4F)n3)nc(N)c21. The summed E-state index contributed by atoms with van der Waals surface area (Å²) in [6.45, 7) is 1.74. The Morgan fingerprint density at radius 2 is 1.81 bits per heavy atom. The van der Waals surface area contributed by atoms with Gasteiger partial charge >= 0.3 is 0 Å². The van der Waals surface area contributed by atoms with Gasteiger partial charge in [0.15, 0.2) is 23.2 Å². The number of nitrogen functional groups attached to an aromatic ring is 1. The second-order valence-electron chi connectivity index (χ2n) is 8.47. The molecule has 0 bridgehead atoms. The molecule has 1 aliphatic heterocycles. The molecule has 3 N–H and O–H groups in total. The number of hydrogen-bond acceptors (Lipinski definition) is 7. The van der Waals surface area contributed by atoms with Crippen LogP contribution in [0.5, 0.6) is 11.6 Å². The van der Waals surface area contributed by atoms with E-state index in [1.807, 2.05) is 30.3 Å². The largest absolute Gasteiger partial charge is 0.433 e. The standard InChI is InChI=1S/C25H16F3N7O2/c1-25(12-5-3-2-4-6-12)16-19(29)32-20(33-21(16)34-24(25)36)14-11-35-10-9-30-22(35)23(31-14)37-15-8-7-13(26)17(27)18(15)28/h2-11H,1H3,(H3,29,32,33,34,36). The molecular weight excluding hydrogens is 487 g/mol. The molecule has 4 heterocycles. The number of nitrogens with two attached hydrogens (primary N) is 1. The molecule has 0 saturated heterocycles. The minimum absolute atomic E-state index is 0.0417. The van der Waals surface area contributed by atoms with Crippen LogP contribution in [-0.4, -0.2) is 30.2 Å². The lowest BCUT2D eigenvalue weighted by Crippen LogP contribution is -2.32. The molecule has 0 radical (unpaired) electrons. The van der Waals surface area contributed by atoms with Crippen LogP contribution in [-0.2, 0) is 10.2 Å². The number of fused-ring (bicyclic) bond motifs is 2. The number of ether oxygens (including phenoxy) is 1. The summed E-state index contributed by atoms with van der Waals surface area (Å²) < 4.78 is 48.4. The molecule has 9 nitrogen and oxygen atoms in total. The molecule has 12 heteroatoms. The van der Waals surface area contributed by atoms with E-state index in [-0.39, 0.29) is 40.6 Å². The molecule has 3 aromatic heterocycles. The van der Waals surface area contributed by atoms with Crippen LogP contribution in [0.25, 0.3) is 17.2 Å². The number of nitrogens with one attached hydrogen (secondary N) is 1. The topological polar surface area (TPSA) is 120 Å². The van der Waals surface area contributed by atoms with E-state index in [0.717, 1.165) is 17.7 Å². The third-order valence-corrected chi connectivity index (χ3v) is 6.25. The molecule has 0 saturated carbocycles. The molecule has 37 heavy (non-hydrogen) atoms. The maximum atomic E-state index is 14.3. The van der Waals surface area contributed by atoms with E-state index >= 15 is 0 Å². The lowest BCUT2D eigenvalue weighted by Gasteiger charge is -2.23. The van der Waals surface area contributed by atoms with Crippen molar-refractivity contribution in [2.75, 3.05) is 11.1 Å². The van der Waals surface area contributed by atoms with E-state index in [2.05, 4.69) is 25.3 Å². The summed E-state index contributed by atoms with van der Waals surface area (Å²) in [5.41, 5.74) is 6.69. The van der Waals surface area contributed by atoms with E-state index in [9.17, 15) is 18.0 Å². The third kappa shape index (κ3) is 3.37. The monoisotopic (exact) mass is 503 g/mol. The van der Waals surface area contributed by atoms with Gasteiger partial charge in [-0.05, 0) is 24.6 Å². The van der Waals surface area contributed by atoms with Gasteiger partial charge in [-0.15, -0.1) is 0 Å². The van der Waals surface area contributed by atoms with Gasteiger partial charge in [0.25, 0.3) is 5.88 Å². The van der Waals surface area contributed by atoms with Crippen LogP contribution in [0.15, 0.2) is 61.1 Å². The van der Waals surface area contributed by atoms with Crippen LogP contribution in [0.1, 0.15) is 18.1 Å². The van der Waals surface area contributed by atoms with Crippen LogP contribution in [0, 0.1) is 17.5 Å². The molecule has 0 aliphatic carbocycles. The first-order chi connectivity index (χ1) is 17.8. The molecule has 5 aromatic rings. The van der Waals surface area contributed by atoms with Crippen molar-refractivity contribution in [3.63, 3.8) is 0 Å². The Hall–Kier alpha value is -5.00. The number of rotatable bonds is 4. The van der Waals surface area contributed by atoms with Crippen molar-refractivity contribution in [1.29, 1.82) is 0 Å². The maximum absolute atomic E-state index is 14.3. The van der Waals surface area contributed by atoms with Crippen molar-refractivity contribution in [2.45, 2.75) is 12.3 Å². The smallest absolute Gasteiger partial charge is 0.264 e. The zero-order chi connectivity index (χ0) is 25.9. The lowest BCUT2D eigenvalue weighted by molar-refractivity contribution is -0.119. The highest BCUT2D eigenvalue weighted by Crippen LogP contribution is 2.45. The summed E-state index contributed by atoms with van der Waals surface area (Å²) in [6.07, 6.45) is 4.55. The maximum Gasteiger partial charge on any atom is 0.264 e. The van der Waals surface area contributed by atoms with Crippen molar-refractivity contribution >= 4 is 23.2 Å². The van der Waals surface area contributed by atoms with Crippen molar-refractivity contribution in [3.05, 3.63) is 89.6 Å². The summed E-state index contributed by atoms with van der Waals surface area (Å²) in [5.74, 6) is -5.35. The van der Waals surface area contributed by atoms with Crippen LogP contribution >= 0.6 is 0 Å². The number of anilines is 2. The minimum atomic E-state index is -1.68. The molecular formula is C25H16F3N7O2. The number of carbonyl (C=O) groups excluding carboxylic acids is 1. The highest BCUT2D eigenvalue weighted by Gasteiger charge is 2.47. The van der Waals surface area contributed by atoms with Crippen LogP contribution in [0.2, 0.25) is 0 Å². The fourth-order valence-corrected chi connectivity index (χ4v) is 4.34. The van der Waals surface area contributed by atoms with Gasteiger partial charge in [-0.25, -0.2) is 28.7 Å². The highest BCUT2D eigenvalue weighted by molar-refractivity contribution is 6.09. The molecule has 1 aliphatic rings. The van der Waals surface area contributed by atoms with Gasteiger partial charge in [-0.2, -0.15) is 4.39 Å². The van der Waals surface area contributed by atoms with E-state index in [1.54, 1.807) is 13.1 Å². The van der Waals surface area contributed by atoms with Crippen molar-refractivity contribution < 1.29 is 22.7 Å². The van der Waals surface area contributed by atoms with Gasteiger partial charge in [0, 0.05) is 18.6 Å². The van der Waals surface area contributed by atoms with Gasteiger partial charge in [-0.3, -0.25) is 4.79 Å². The second-order valence-corrected chi connectivity index (χ2v) is 8.47. The third-order valence-electron chi connectivity index (χ3n) is 6.25. The first kappa shape index (κ1) is 22.5. The summed E-state index contributed by atoms with van der Waals surface area (Å²) in [4.78, 5) is 30.4. The molecule has 1 unspecified atom stereocenters. The van der Waals surface area contributed by atoms with Gasteiger partial charge in [0.1, 0.15) is 22.7 Å². The molecule has 0 fully saturated rings. The van der Waals surface area contributed by atoms with E-state index in [1.165, 1.54) is 16.8 Å². The quantitative estimate of drug-likeness (QED) is 0.352. The lowest BCUT2D eigenvalue weighted by atomic mass is 9.78. The highest BCUT2D eigenvalue weighted by atomic mass is 19.2. The Bertz CT molecular complexity index is 1730. The number of imidazole rings is 1. The minimum Gasteiger partial charge on any atom is -0.433 e. The molecule has 0 spiro atoms. The van der Waals surface area contributed by atoms with E-state index < -0.39 is 28.6 Å². The summed E-state index contributed by atoms with van der Waals surface area (Å²) in [7, 11) is 0. The van der Waals surface area contributed by atoms with Gasteiger partial charge in [0.05, 0.1) is 5.56 Å². The Balaban J connectivity index is 1.47. The van der Waals surface area contributed by atoms with E-state index in [0.29, 0.717) is 5.56 Å². The molecule has 1 amide bonds. The molecule has 184 valence electrons. The first-order valence-corrected chi connectivity index (χ1v) is 11.0. The average molecular weight is 503 g/mol. The fourth-order valence-electron chi connectivity index (χ4n) is 4.34. The zero-order valence-electron chi connectivity index (χ0n) is 19.0. The predicted octanol–water partition coefficient (Wildman–Crippen LogP) is 4.24. The van der Waals surface area contributed by atoms with Crippen LogP contribution in [0.3, 0.4) is 0 Å². The first-order valence-electron chi connectivity index (χ1n) is 11.0. The number of amides is 1. The van der Waals surface area contributed by atoms with Gasteiger partial charge in [-0.1, -0.05) is 30.3 Å². The number of hydrogen-bond donors (Lipinski definition) is 2. The summed E-state index contributed by atoms with van der Waals surface area (Å²) in [6, 6.07) is 10.8. The Morgan fingerprint density at radius 3 is 2.59 bits per heavy atom.